The van der Waals surface area contributed by atoms with Crippen molar-refractivity contribution >= 4 is 0 Å². The number of benzene rings is 1. The van der Waals surface area contributed by atoms with Gasteiger partial charge in [0.2, 0.25) is 5.82 Å². The van der Waals surface area contributed by atoms with Gasteiger partial charge in [0, 0.05) is 24.2 Å². The van der Waals surface area contributed by atoms with E-state index < -0.39 is 30.2 Å². The summed E-state index contributed by atoms with van der Waals surface area (Å²) in [5.41, 5.74) is 0.756. The lowest BCUT2D eigenvalue weighted by molar-refractivity contribution is 0.0638. The fourth-order valence-corrected chi connectivity index (χ4v) is 2.94. The maximum atomic E-state index is 15.0. The van der Waals surface area contributed by atoms with Gasteiger partial charge in [-0.25, -0.2) is 8.78 Å². The number of alkyl halides is 1. The summed E-state index contributed by atoms with van der Waals surface area (Å²) in [6, 6.07) is 1.43. The minimum Gasteiger partial charge on any atom is -0.450 e. The van der Waals surface area contributed by atoms with Crippen LogP contribution in [0.25, 0.3) is 0 Å². The van der Waals surface area contributed by atoms with Gasteiger partial charge in [0.25, 0.3) is 0 Å². The molecule has 0 aromatic heterocycles. The predicted molar refractivity (Wildman–Crippen MR) is 106 cm³/mol. The summed E-state index contributed by atoms with van der Waals surface area (Å²) in [5.74, 6) is -3.42. The average Bonchev–Trinajstić information content (AvgIpc) is 2.71. The van der Waals surface area contributed by atoms with E-state index in [0.29, 0.717) is 18.1 Å². The van der Waals surface area contributed by atoms with Crippen LogP contribution in [-0.4, -0.2) is 19.4 Å². The Kier molecular flexibility index (Phi) is 8.08. The molecule has 2 atom stereocenters. The molecule has 1 aromatic rings. The Bertz CT molecular complexity index is 814. The molecular formula is C23H28F4O2. The van der Waals surface area contributed by atoms with Gasteiger partial charge in [-0.05, 0) is 42.9 Å². The van der Waals surface area contributed by atoms with Gasteiger partial charge < -0.3 is 9.47 Å². The molecule has 2 rings (SSSR count). The third-order valence-corrected chi connectivity index (χ3v) is 5.12. The number of hydrogen-bond acceptors (Lipinski definition) is 2. The van der Waals surface area contributed by atoms with Gasteiger partial charge in [-0.15, -0.1) is 0 Å². The van der Waals surface area contributed by atoms with Crippen molar-refractivity contribution in [3.05, 3.63) is 64.7 Å². The zero-order valence-corrected chi connectivity index (χ0v) is 17.2. The van der Waals surface area contributed by atoms with Crippen molar-refractivity contribution in [3.63, 3.8) is 0 Å². The molecule has 160 valence electrons. The van der Waals surface area contributed by atoms with Gasteiger partial charge in [0.1, 0.15) is 0 Å². The summed E-state index contributed by atoms with van der Waals surface area (Å²) >= 11 is 0. The smallest absolute Gasteiger partial charge is 0.201 e. The van der Waals surface area contributed by atoms with Gasteiger partial charge >= 0.3 is 0 Å². The fraction of sp³-hybridized carbons (Fsp3) is 0.478. The normalized spacial score (nSPS) is 17.4. The molecule has 1 aliphatic rings. The van der Waals surface area contributed by atoms with Crippen LogP contribution in [0.3, 0.4) is 0 Å². The number of ether oxygens (including phenoxy) is 2. The maximum Gasteiger partial charge on any atom is 0.201 e. The van der Waals surface area contributed by atoms with Gasteiger partial charge in [-0.1, -0.05) is 33.4 Å². The fourth-order valence-electron chi connectivity index (χ4n) is 2.94. The van der Waals surface area contributed by atoms with E-state index in [1.165, 1.54) is 6.07 Å². The summed E-state index contributed by atoms with van der Waals surface area (Å²) in [4.78, 5) is 0. The van der Waals surface area contributed by atoms with Crippen LogP contribution >= 0.6 is 0 Å². The van der Waals surface area contributed by atoms with Crippen molar-refractivity contribution < 1.29 is 27.0 Å². The first-order valence-electron chi connectivity index (χ1n) is 9.83. The summed E-state index contributed by atoms with van der Waals surface area (Å²) in [5, 5.41) is 0. The number of allylic oxidation sites excluding steroid dienone is 1. The second kappa shape index (κ2) is 10.1. The highest BCUT2D eigenvalue weighted by molar-refractivity contribution is 5.51. The Hall–Kier alpha value is -2.08. The highest BCUT2D eigenvalue weighted by atomic mass is 19.2. The van der Waals surface area contributed by atoms with Crippen molar-refractivity contribution in [2.24, 2.45) is 5.92 Å². The van der Waals surface area contributed by atoms with Crippen molar-refractivity contribution in [2.45, 2.75) is 52.6 Å². The highest BCUT2D eigenvalue weighted by Gasteiger charge is 2.29. The summed E-state index contributed by atoms with van der Waals surface area (Å²) in [7, 11) is 0. The number of rotatable bonds is 9. The minimum absolute atomic E-state index is 0.0494. The Labute approximate surface area is 169 Å². The molecule has 0 radical (unpaired) electrons. The summed E-state index contributed by atoms with van der Waals surface area (Å²) < 4.78 is 67.3. The number of fused-ring (bicyclic) bond motifs is 1. The lowest BCUT2D eigenvalue weighted by Crippen LogP contribution is -2.19. The molecule has 0 saturated carbocycles. The Balaban J connectivity index is 2.28. The first-order valence-corrected chi connectivity index (χ1v) is 9.83. The number of aryl methyl sites for hydroxylation is 1. The number of halogens is 4. The van der Waals surface area contributed by atoms with Crippen molar-refractivity contribution in [3.8, 4) is 5.75 Å². The quantitative estimate of drug-likeness (QED) is 0.429. The van der Waals surface area contributed by atoms with E-state index in [2.05, 4.69) is 13.2 Å². The molecule has 0 saturated heterocycles. The second-order valence-electron chi connectivity index (χ2n) is 7.48. The van der Waals surface area contributed by atoms with Crippen molar-refractivity contribution in [2.75, 3.05) is 13.3 Å². The molecule has 29 heavy (non-hydrogen) atoms. The zero-order chi connectivity index (χ0) is 21.7. The lowest BCUT2D eigenvalue weighted by atomic mass is 9.95. The van der Waals surface area contributed by atoms with Crippen LogP contribution < -0.4 is 4.74 Å². The zero-order valence-electron chi connectivity index (χ0n) is 17.2. The highest BCUT2D eigenvalue weighted by Crippen LogP contribution is 2.39. The van der Waals surface area contributed by atoms with E-state index in [4.69, 9.17) is 9.47 Å². The van der Waals surface area contributed by atoms with Crippen LogP contribution in [0.5, 0.6) is 5.75 Å². The van der Waals surface area contributed by atoms with Gasteiger partial charge in [-0.2, -0.15) is 4.39 Å². The molecule has 1 aromatic carbocycles. The van der Waals surface area contributed by atoms with E-state index in [1.54, 1.807) is 6.92 Å². The first kappa shape index (κ1) is 23.2. The molecule has 2 unspecified atom stereocenters. The summed E-state index contributed by atoms with van der Waals surface area (Å²) in [6.07, 6.45) is 0.562. The monoisotopic (exact) mass is 412 g/mol. The van der Waals surface area contributed by atoms with Crippen LogP contribution in [-0.2, 0) is 17.6 Å². The second-order valence-corrected chi connectivity index (χ2v) is 7.48. The standard InChI is InChI=1S/C23H28F4O2/c1-6-13(2)12-28-16(5)15(4)19(25)22-14(3)10-18-11-17(8-7-9-24)20(26)21(27)23(18)29-22/h11,13,16H,3-4,6-10,12H2,1-2,5H3/b22-19-. The van der Waals surface area contributed by atoms with Gasteiger partial charge in [0.15, 0.2) is 23.2 Å². The average molecular weight is 412 g/mol. The minimum atomic E-state index is -1.21. The third-order valence-electron chi connectivity index (χ3n) is 5.12. The molecule has 0 N–H and O–H groups in total. The Morgan fingerprint density at radius 1 is 1.28 bits per heavy atom. The molecule has 1 aliphatic heterocycles. The molecular weight excluding hydrogens is 384 g/mol. The van der Waals surface area contributed by atoms with Crippen LogP contribution in [0.15, 0.2) is 42.0 Å². The van der Waals surface area contributed by atoms with E-state index >= 15 is 4.39 Å². The van der Waals surface area contributed by atoms with Crippen molar-refractivity contribution in [1.29, 1.82) is 0 Å². The molecule has 2 nitrogen and oxygen atoms in total. The molecule has 0 aliphatic carbocycles. The Morgan fingerprint density at radius 3 is 2.59 bits per heavy atom. The SMILES string of the molecule is C=C1Cc2cc(CCCF)c(F)c(F)c2O/C1=C(\F)C(=C)C(C)OCC(C)CC. The van der Waals surface area contributed by atoms with E-state index in [0.717, 1.165) is 6.42 Å². The molecule has 0 fully saturated rings. The lowest BCUT2D eigenvalue weighted by Gasteiger charge is -2.25. The molecule has 0 spiro atoms. The van der Waals surface area contributed by atoms with E-state index in [1.807, 2.05) is 13.8 Å². The van der Waals surface area contributed by atoms with Gasteiger partial charge in [0.05, 0.1) is 12.8 Å². The molecule has 1 heterocycles. The topological polar surface area (TPSA) is 18.5 Å². The largest absolute Gasteiger partial charge is 0.450 e. The Morgan fingerprint density at radius 2 is 1.97 bits per heavy atom. The summed E-state index contributed by atoms with van der Waals surface area (Å²) in [6.45, 7) is 13.1. The van der Waals surface area contributed by atoms with Gasteiger partial charge in [-0.3, -0.25) is 4.39 Å². The third kappa shape index (κ3) is 5.30. The van der Waals surface area contributed by atoms with Crippen LogP contribution in [0.2, 0.25) is 0 Å². The molecule has 6 heteroatoms. The van der Waals surface area contributed by atoms with E-state index in [-0.39, 0.29) is 47.5 Å². The maximum absolute atomic E-state index is 15.0. The molecule has 0 amide bonds. The van der Waals surface area contributed by atoms with Crippen LogP contribution in [0, 0.1) is 17.6 Å². The first-order chi connectivity index (χ1) is 13.7. The van der Waals surface area contributed by atoms with Crippen LogP contribution in [0.1, 0.15) is 44.7 Å². The number of hydrogen-bond donors (Lipinski definition) is 0. The van der Waals surface area contributed by atoms with E-state index in [9.17, 15) is 13.2 Å². The van der Waals surface area contributed by atoms with Crippen molar-refractivity contribution in [1.82, 2.24) is 0 Å². The predicted octanol–water partition coefficient (Wildman–Crippen LogP) is 6.55. The van der Waals surface area contributed by atoms with Crippen LogP contribution in [0.4, 0.5) is 17.6 Å². The molecule has 0 bridgehead atoms.